The standard InChI is InChI=1S/C12H27OSi/c1-14(2)12-10-8-6-4-3-5-7-9-11-13/h13H,3-12H2,1-2H3. The molecule has 0 aromatic carbocycles. The average Bonchev–Trinajstić information content (AvgIpc) is 2.15. The molecule has 0 aliphatic carbocycles. The molecular weight excluding hydrogens is 188 g/mol. The molecule has 0 atom stereocenters. The van der Waals surface area contributed by atoms with Crippen LogP contribution in [0.1, 0.15) is 51.4 Å². The van der Waals surface area contributed by atoms with Gasteiger partial charge in [-0.15, -0.1) is 0 Å². The summed E-state index contributed by atoms with van der Waals surface area (Å²) < 4.78 is 0. The van der Waals surface area contributed by atoms with Gasteiger partial charge in [0.2, 0.25) is 0 Å². The molecule has 0 rings (SSSR count). The highest BCUT2D eigenvalue weighted by atomic mass is 28.3. The molecule has 0 saturated carbocycles. The molecule has 0 aliphatic heterocycles. The fourth-order valence-corrected chi connectivity index (χ4v) is 2.61. The lowest BCUT2D eigenvalue weighted by Crippen LogP contribution is -1.97. The van der Waals surface area contributed by atoms with E-state index in [9.17, 15) is 0 Å². The summed E-state index contributed by atoms with van der Waals surface area (Å²) in [7, 11) is 0.0333. The van der Waals surface area contributed by atoms with Crippen molar-refractivity contribution >= 4 is 8.80 Å². The molecule has 0 spiro atoms. The van der Waals surface area contributed by atoms with Gasteiger partial charge in [0.25, 0.3) is 0 Å². The minimum absolute atomic E-state index is 0.0333. The monoisotopic (exact) mass is 215 g/mol. The van der Waals surface area contributed by atoms with Crippen LogP contribution in [0, 0.1) is 0 Å². The Morgan fingerprint density at radius 1 is 0.714 bits per heavy atom. The van der Waals surface area contributed by atoms with Gasteiger partial charge < -0.3 is 5.11 Å². The van der Waals surface area contributed by atoms with E-state index in [-0.39, 0.29) is 8.80 Å². The van der Waals surface area contributed by atoms with Gasteiger partial charge in [-0.3, -0.25) is 0 Å². The van der Waals surface area contributed by atoms with Crippen molar-refractivity contribution in [2.45, 2.75) is 70.5 Å². The van der Waals surface area contributed by atoms with Gasteiger partial charge in [0.05, 0.1) is 0 Å². The first-order chi connectivity index (χ1) is 6.77. The molecule has 2 heteroatoms. The Kier molecular flexibility index (Phi) is 11.4. The molecule has 0 amide bonds. The van der Waals surface area contributed by atoms with Crippen LogP contribution in [-0.4, -0.2) is 20.5 Å². The second-order valence-corrected chi connectivity index (χ2v) is 7.42. The average molecular weight is 215 g/mol. The fourth-order valence-electron chi connectivity index (χ4n) is 1.65. The van der Waals surface area contributed by atoms with Gasteiger partial charge in [-0.1, -0.05) is 64.1 Å². The van der Waals surface area contributed by atoms with E-state index >= 15 is 0 Å². The first kappa shape index (κ1) is 14.2. The molecule has 14 heavy (non-hydrogen) atoms. The third-order valence-corrected chi connectivity index (χ3v) is 3.94. The van der Waals surface area contributed by atoms with Crippen molar-refractivity contribution in [3.63, 3.8) is 0 Å². The van der Waals surface area contributed by atoms with Crippen LogP contribution in [0.5, 0.6) is 0 Å². The maximum atomic E-state index is 8.59. The lowest BCUT2D eigenvalue weighted by atomic mass is 10.1. The second-order valence-electron chi connectivity index (χ2n) is 4.51. The summed E-state index contributed by atoms with van der Waals surface area (Å²) in [5.74, 6) is 0. The summed E-state index contributed by atoms with van der Waals surface area (Å²) in [4.78, 5) is 0. The van der Waals surface area contributed by atoms with Gasteiger partial charge in [0.15, 0.2) is 0 Å². The molecule has 0 saturated heterocycles. The lowest BCUT2D eigenvalue weighted by molar-refractivity contribution is 0.282. The Balaban J connectivity index is 2.85. The highest BCUT2D eigenvalue weighted by Gasteiger charge is 1.95. The molecule has 0 aliphatic rings. The van der Waals surface area contributed by atoms with Crippen LogP contribution in [0.4, 0.5) is 0 Å². The predicted octanol–water partition coefficient (Wildman–Crippen LogP) is 3.85. The smallest absolute Gasteiger partial charge is 0.0431 e. The number of hydrogen-bond acceptors (Lipinski definition) is 1. The zero-order chi connectivity index (χ0) is 10.6. The van der Waals surface area contributed by atoms with Gasteiger partial charge in [-0.05, 0) is 6.42 Å². The molecule has 85 valence electrons. The maximum absolute atomic E-state index is 8.59. The van der Waals surface area contributed by atoms with E-state index in [1.165, 1.54) is 51.0 Å². The Morgan fingerprint density at radius 2 is 1.14 bits per heavy atom. The van der Waals surface area contributed by atoms with Gasteiger partial charge in [0.1, 0.15) is 0 Å². The summed E-state index contributed by atoms with van der Waals surface area (Å²) in [6.07, 6.45) is 10.6. The largest absolute Gasteiger partial charge is 0.396 e. The van der Waals surface area contributed by atoms with Crippen molar-refractivity contribution in [2.24, 2.45) is 0 Å². The summed E-state index contributed by atoms with van der Waals surface area (Å²) in [5, 5.41) is 8.59. The second kappa shape index (κ2) is 11.3. The van der Waals surface area contributed by atoms with Gasteiger partial charge in [0, 0.05) is 15.4 Å². The third kappa shape index (κ3) is 12.2. The number of aliphatic hydroxyl groups excluding tert-OH is 1. The first-order valence-corrected chi connectivity index (χ1v) is 8.88. The molecule has 1 radical (unpaired) electrons. The van der Waals surface area contributed by atoms with Crippen molar-refractivity contribution in [1.82, 2.24) is 0 Å². The van der Waals surface area contributed by atoms with Crippen molar-refractivity contribution in [3.8, 4) is 0 Å². The van der Waals surface area contributed by atoms with Crippen LogP contribution >= 0.6 is 0 Å². The molecule has 1 N–H and O–H groups in total. The molecule has 0 heterocycles. The maximum Gasteiger partial charge on any atom is 0.0431 e. The van der Waals surface area contributed by atoms with Crippen LogP contribution in [0.25, 0.3) is 0 Å². The minimum Gasteiger partial charge on any atom is -0.396 e. The topological polar surface area (TPSA) is 20.2 Å². The van der Waals surface area contributed by atoms with E-state index in [0.717, 1.165) is 6.42 Å². The summed E-state index contributed by atoms with van der Waals surface area (Å²) in [6, 6.07) is 1.50. The molecular formula is C12H27OSi. The molecule has 0 fully saturated rings. The first-order valence-electron chi connectivity index (χ1n) is 6.17. The van der Waals surface area contributed by atoms with E-state index in [1.807, 2.05) is 0 Å². The molecule has 0 unspecified atom stereocenters. The Morgan fingerprint density at radius 3 is 1.57 bits per heavy atom. The van der Waals surface area contributed by atoms with Crippen molar-refractivity contribution in [2.75, 3.05) is 6.61 Å². The van der Waals surface area contributed by atoms with Crippen molar-refractivity contribution < 1.29 is 5.11 Å². The van der Waals surface area contributed by atoms with E-state index in [2.05, 4.69) is 13.1 Å². The highest BCUT2D eigenvalue weighted by molar-refractivity contribution is 6.55. The van der Waals surface area contributed by atoms with Crippen LogP contribution in [0.15, 0.2) is 0 Å². The van der Waals surface area contributed by atoms with E-state index < -0.39 is 0 Å². The van der Waals surface area contributed by atoms with Crippen LogP contribution in [-0.2, 0) is 0 Å². The number of aliphatic hydroxyl groups is 1. The Bertz CT molecular complexity index is 104. The van der Waals surface area contributed by atoms with Crippen LogP contribution in [0.3, 0.4) is 0 Å². The van der Waals surface area contributed by atoms with Crippen molar-refractivity contribution in [1.29, 1.82) is 0 Å². The molecule has 0 aromatic rings. The molecule has 0 aromatic heterocycles. The summed E-state index contributed by atoms with van der Waals surface area (Å²) in [6.45, 7) is 5.18. The normalized spacial score (nSPS) is 11.1. The van der Waals surface area contributed by atoms with Crippen LogP contribution < -0.4 is 0 Å². The fraction of sp³-hybridized carbons (Fsp3) is 1.00. The van der Waals surface area contributed by atoms with Gasteiger partial charge in [-0.25, -0.2) is 0 Å². The number of unbranched alkanes of at least 4 members (excludes halogenated alkanes) is 7. The quantitative estimate of drug-likeness (QED) is 0.433. The number of rotatable bonds is 10. The van der Waals surface area contributed by atoms with E-state index in [1.54, 1.807) is 0 Å². The van der Waals surface area contributed by atoms with E-state index in [4.69, 9.17) is 5.11 Å². The predicted molar refractivity (Wildman–Crippen MR) is 66.3 cm³/mol. The Hall–Kier alpha value is 0.177. The minimum atomic E-state index is 0.0333. The third-order valence-electron chi connectivity index (χ3n) is 2.58. The lowest BCUT2D eigenvalue weighted by Gasteiger charge is -2.03. The number of hydrogen-bond donors (Lipinski definition) is 1. The van der Waals surface area contributed by atoms with Gasteiger partial charge in [-0.2, -0.15) is 0 Å². The zero-order valence-electron chi connectivity index (χ0n) is 10.0. The SMILES string of the molecule is C[Si](C)CCCCCCCCCCO. The summed E-state index contributed by atoms with van der Waals surface area (Å²) in [5.41, 5.74) is 0. The van der Waals surface area contributed by atoms with E-state index in [0.29, 0.717) is 6.61 Å². The van der Waals surface area contributed by atoms with Gasteiger partial charge >= 0.3 is 0 Å². The molecule has 0 bridgehead atoms. The molecule has 1 nitrogen and oxygen atoms in total. The Labute approximate surface area is 91.5 Å². The summed E-state index contributed by atoms with van der Waals surface area (Å²) >= 11 is 0. The zero-order valence-corrected chi connectivity index (χ0v) is 11.0. The van der Waals surface area contributed by atoms with Crippen molar-refractivity contribution in [3.05, 3.63) is 0 Å². The highest BCUT2D eigenvalue weighted by Crippen LogP contribution is 2.10. The van der Waals surface area contributed by atoms with Crippen LogP contribution in [0.2, 0.25) is 19.1 Å².